The van der Waals surface area contributed by atoms with Gasteiger partial charge in [0.1, 0.15) is 0 Å². The fraction of sp³-hybridized carbons (Fsp3) is 0.0976. The minimum atomic E-state index is -3.47. The first-order chi connectivity index (χ1) is 25.0. The highest BCUT2D eigenvalue weighted by molar-refractivity contribution is 7.91. The van der Waals surface area contributed by atoms with Crippen molar-refractivity contribution < 1.29 is 40.6 Å². The van der Waals surface area contributed by atoms with Gasteiger partial charge in [0.05, 0.1) is 9.79 Å². The molecule has 0 N–H and O–H groups in total. The fourth-order valence-electron chi connectivity index (χ4n) is 6.57. The van der Waals surface area contributed by atoms with E-state index in [-0.39, 0.29) is 29.2 Å². The van der Waals surface area contributed by atoms with E-state index in [0.29, 0.717) is 78.6 Å². The Hall–Kier alpha value is -5.91. The Morgan fingerprint density at radius 2 is 0.769 bits per heavy atom. The van der Waals surface area contributed by atoms with Gasteiger partial charge >= 0.3 is 0 Å². The van der Waals surface area contributed by atoms with Crippen LogP contribution < -0.4 is 18.9 Å². The average molecular weight is 731 g/mol. The van der Waals surface area contributed by atoms with Crippen molar-refractivity contribution in [2.24, 2.45) is 0 Å². The quantitative estimate of drug-likeness (QED) is 0.144. The highest BCUT2D eigenvalue weighted by Crippen LogP contribution is 2.44. The molecule has 52 heavy (non-hydrogen) atoms. The van der Waals surface area contributed by atoms with Crippen LogP contribution >= 0.6 is 0 Å². The predicted octanol–water partition coefficient (Wildman–Crippen LogP) is 7.85. The molecule has 11 heteroatoms. The van der Waals surface area contributed by atoms with Crippen molar-refractivity contribution in [1.82, 2.24) is 0 Å². The Bertz CT molecular complexity index is 2450. The van der Waals surface area contributed by atoms with Gasteiger partial charge in [-0.1, -0.05) is 72.8 Å². The summed E-state index contributed by atoms with van der Waals surface area (Å²) in [6, 6.07) is 35.0. The summed E-state index contributed by atoms with van der Waals surface area (Å²) in [4.78, 5) is 16.0. The van der Waals surface area contributed by atoms with Gasteiger partial charge in [0, 0.05) is 23.6 Å². The number of hydrogen-bond acceptors (Lipinski definition) is 9. The molecule has 0 radical (unpaired) electrons. The molecule has 8 rings (SSSR count). The average Bonchev–Trinajstić information content (AvgIpc) is 3.82. The molecule has 0 fully saturated rings. The Morgan fingerprint density at radius 3 is 1.13 bits per heavy atom. The normalized spacial score (nSPS) is 13.3. The van der Waals surface area contributed by atoms with E-state index in [4.69, 9.17) is 18.9 Å². The van der Waals surface area contributed by atoms with E-state index in [1.54, 1.807) is 36.4 Å². The summed E-state index contributed by atoms with van der Waals surface area (Å²) < 4.78 is 71.9. The van der Waals surface area contributed by atoms with Gasteiger partial charge in [0.25, 0.3) is 0 Å². The Kier molecular flexibility index (Phi) is 8.12. The molecule has 260 valence electrons. The van der Waals surface area contributed by atoms with E-state index in [1.807, 2.05) is 60.7 Å². The minimum Gasteiger partial charge on any atom is -0.454 e. The SMILES string of the molecule is CS(=O)(=O)c1ccc(-c2cccc(-c3ccc4c(c3)OCO4)c2C(=O)c2c(-c3ccc(S(C)(=O)=O)cc3)cccc2-c2ccc3c(c2)OCO3)cc1. The van der Waals surface area contributed by atoms with Gasteiger partial charge in [0.2, 0.25) is 13.6 Å². The second-order valence-electron chi connectivity index (χ2n) is 12.5. The molecule has 2 aliphatic rings. The van der Waals surface area contributed by atoms with Crippen LogP contribution in [0.3, 0.4) is 0 Å². The molecule has 0 bridgehead atoms. The number of rotatable bonds is 8. The van der Waals surface area contributed by atoms with Gasteiger partial charge < -0.3 is 18.9 Å². The van der Waals surface area contributed by atoms with Crippen LogP contribution in [0.15, 0.2) is 131 Å². The van der Waals surface area contributed by atoms with E-state index < -0.39 is 19.7 Å². The number of sulfone groups is 2. The maximum atomic E-state index is 15.6. The van der Waals surface area contributed by atoms with Gasteiger partial charge in [-0.3, -0.25) is 4.79 Å². The zero-order valence-electron chi connectivity index (χ0n) is 28.0. The second-order valence-corrected chi connectivity index (χ2v) is 16.5. The Morgan fingerprint density at radius 1 is 0.442 bits per heavy atom. The molecule has 6 aromatic carbocycles. The number of carbonyl (C=O) groups is 1. The molecule has 0 aliphatic carbocycles. The van der Waals surface area contributed by atoms with Crippen molar-refractivity contribution in [3.63, 3.8) is 0 Å². The molecule has 6 aromatic rings. The van der Waals surface area contributed by atoms with Crippen molar-refractivity contribution >= 4 is 25.5 Å². The molecular weight excluding hydrogens is 701 g/mol. The lowest BCUT2D eigenvalue weighted by atomic mass is 9.82. The van der Waals surface area contributed by atoms with Crippen LogP contribution in [-0.4, -0.2) is 48.7 Å². The van der Waals surface area contributed by atoms with Gasteiger partial charge in [-0.2, -0.15) is 0 Å². The maximum Gasteiger partial charge on any atom is 0.231 e. The zero-order chi connectivity index (χ0) is 36.2. The summed E-state index contributed by atoms with van der Waals surface area (Å²) in [6.45, 7) is 0.170. The molecule has 0 unspecified atom stereocenters. The smallest absolute Gasteiger partial charge is 0.231 e. The number of hydrogen-bond donors (Lipinski definition) is 0. The largest absolute Gasteiger partial charge is 0.454 e. The van der Waals surface area contributed by atoms with Gasteiger partial charge in [-0.15, -0.1) is 0 Å². The number of benzene rings is 6. The Labute approximate surface area is 300 Å². The molecule has 2 aliphatic heterocycles. The van der Waals surface area contributed by atoms with Gasteiger partial charge in [-0.25, -0.2) is 16.8 Å². The molecule has 0 aromatic heterocycles. The topological polar surface area (TPSA) is 122 Å². The van der Waals surface area contributed by atoms with Crippen molar-refractivity contribution in [2.45, 2.75) is 9.79 Å². The minimum absolute atomic E-state index is 0.0850. The number of fused-ring (bicyclic) bond motifs is 2. The third-order valence-corrected chi connectivity index (χ3v) is 11.4. The van der Waals surface area contributed by atoms with Gasteiger partial charge in [0.15, 0.2) is 48.5 Å². The summed E-state index contributed by atoms with van der Waals surface area (Å²) in [5, 5.41) is 0. The summed E-state index contributed by atoms with van der Waals surface area (Å²) in [5.74, 6) is 1.97. The highest BCUT2D eigenvalue weighted by Gasteiger charge is 2.28. The summed E-state index contributed by atoms with van der Waals surface area (Å²) in [7, 11) is -6.93. The van der Waals surface area contributed by atoms with E-state index in [1.165, 1.54) is 24.3 Å². The standard InChI is InChI=1S/C41H30O9S2/c1-51(43,44)29-15-9-25(10-16-29)31-5-3-7-33(27-13-19-35-37(21-27)49-23-47-35)39(31)41(42)40-32(26-11-17-30(18-12-26)52(2,45)46)6-4-8-34(40)28-14-20-36-38(22-28)50-24-48-36/h3-22H,23-24H2,1-2H3. The van der Waals surface area contributed by atoms with Crippen LogP contribution in [-0.2, 0) is 19.7 Å². The van der Waals surface area contributed by atoms with Crippen LogP contribution in [0, 0.1) is 0 Å². The molecule has 0 saturated heterocycles. The number of ketones is 1. The third-order valence-electron chi connectivity index (χ3n) is 9.14. The molecule has 2 heterocycles. The lowest BCUT2D eigenvalue weighted by Gasteiger charge is -2.20. The number of carbonyl (C=O) groups excluding carboxylic acids is 1. The van der Waals surface area contributed by atoms with E-state index in [2.05, 4.69) is 0 Å². The molecule has 9 nitrogen and oxygen atoms in total. The zero-order valence-corrected chi connectivity index (χ0v) is 29.6. The first kappa shape index (κ1) is 33.2. The fourth-order valence-corrected chi connectivity index (χ4v) is 7.83. The lowest BCUT2D eigenvalue weighted by molar-refractivity contribution is 0.104. The van der Waals surface area contributed by atoms with E-state index >= 15 is 4.79 Å². The van der Waals surface area contributed by atoms with Crippen LogP contribution in [0.5, 0.6) is 23.0 Å². The molecule has 0 spiro atoms. The first-order valence-electron chi connectivity index (χ1n) is 16.2. The molecular formula is C41H30O9S2. The Balaban J connectivity index is 1.39. The van der Waals surface area contributed by atoms with Crippen LogP contribution in [0.2, 0.25) is 0 Å². The molecule has 0 saturated carbocycles. The highest BCUT2D eigenvalue weighted by atomic mass is 32.2. The number of ether oxygens (including phenoxy) is 4. The van der Waals surface area contributed by atoms with E-state index in [9.17, 15) is 16.8 Å². The van der Waals surface area contributed by atoms with Crippen molar-refractivity contribution in [3.05, 3.63) is 132 Å². The third kappa shape index (κ3) is 6.07. The lowest BCUT2D eigenvalue weighted by Crippen LogP contribution is -2.10. The first-order valence-corrected chi connectivity index (χ1v) is 20.0. The van der Waals surface area contributed by atoms with Crippen molar-refractivity contribution in [1.29, 1.82) is 0 Å². The molecule has 0 amide bonds. The van der Waals surface area contributed by atoms with Crippen LogP contribution in [0.4, 0.5) is 0 Å². The second kappa shape index (κ2) is 12.7. The van der Waals surface area contributed by atoms with Gasteiger partial charge in [-0.05, 0) is 93.0 Å². The maximum absolute atomic E-state index is 15.6. The summed E-state index contributed by atoms with van der Waals surface area (Å²) in [6.07, 6.45) is 2.29. The summed E-state index contributed by atoms with van der Waals surface area (Å²) >= 11 is 0. The van der Waals surface area contributed by atoms with Crippen molar-refractivity contribution in [3.8, 4) is 67.5 Å². The van der Waals surface area contributed by atoms with Crippen LogP contribution in [0.25, 0.3) is 44.5 Å². The predicted molar refractivity (Wildman–Crippen MR) is 197 cm³/mol. The van der Waals surface area contributed by atoms with E-state index in [0.717, 1.165) is 12.5 Å². The molecule has 0 atom stereocenters. The van der Waals surface area contributed by atoms with Crippen molar-refractivity contribution in [2.75, 3.05) is 26.1 Å². The summed E-state index contributed by atoms with van der Waals surface area (Å²) in [5.41, 5.74) is 5.84. The van der Waals surface area contributed by atoms with Crippen LogP contribution in [0.1, 0.15) is 15.9 Å². The monoisotopic (exact) mass is 730 g/mol.